The number of benzene rings is 1. The predicted octanol–water partition coefficient (Wildman–Crippen LogP) is 2.92. The Morgan fingerprint density at radius 2 is 2.12 bits per heavy atom. The molecule has 6 nitrogen and oxygen atoms in total. The molecule has 0 atom stereocenters. The van der Waals surface area contributed by atoms with E-state index in [1.807, 2.05) is 0 Å². The number of pyridine rings is 1. The summed E-state index contributed by atoms with van der Waals surface area (Å²) in [6.45, 7) is 0.315. The first-order valence-electron chi connectivity index (χ1n) is 7.47. The van der Waals surface area contributed by atoms with E-state index in [-0.39, 0.29) is 11.7 Å². The van der Waals surface area contributed by atoms with Gasteiger partial charge in [0.05, 0.1) is 29.7 Å². The van der Waals surface area contributed by atoms with Crippen LogP contribution in [0.25, 0.3) is 16.2 Å². The SMILES string of the molecule is O=C(NCc1cnc2scnn12)c1ccc(-c2cccc(F)c2)nc1. The predicted molar refractivity (Wildman–Crippen MR) is 91.7 cm³/mol. The number of nitrogens with one attached hydrogen (secondary N) is 1. The number of fused-ring (bicyclic) bond motifs is 1. The number of carbonyl (C=O) groups is 1. The van der Waals surface area contributed by atoms with Gasteiger partial charge in [-0.1, -0.05) is 23.5 Å². The third kappa shape index (κ3) is 3.11. The number of hydrogen-bond acceptors (Lipinski definition) is 5. The molecule has 1 amide bonds. The fraction of sp³-hybridized carbons (Fsp3) is 0.0588. The van der Waals surface area contributed by atoms with Crippen molar-refractivity contribution in [3.63, 3.8) is 0 Å². The van der Waals surface area contributed by atoms with E-state index in [1.54, 1.807) is 40.5 Å². The fourth-order valence-electron chi connectivity index (χ4n) is 2.42. The first-order valence-corrected chi connectivity index (χ1v) is 8.35. The summed E-state index contributed by atoms with van der Waals surface area (Å²) in [6, 6.07) is 9.53. The van der Waals surface area contributed by atoms with Gasteiger partial charge in [0.2, 0.25) is 4.96 Å². The Morgan fingerprint density at radius 3 is 2.92 bits per heavy atom. The van der Waals surface area contributed by atoms with Gasteiger partial charge in [0.25, 0.3) is 5.91 Å². The monoisotopic (exact) mass is 353 g/mol. The van der Waals surface area contributed by atoms with Crippen LogP contribution in [0.5, 0.6) is 0 Å². The summed E-state index contributed by atoms with van der Waals surface area (Å²) in [4.78, 5) is 21.5. The van der Waals surface area contributed by atoms with E-state index in [0.29, 0.717) is 23.4 Å². The van der Waals surface area contributed by atoms with Gasteiger partial charge >= 0.3 is 0 Å². The average molecular weight is 353 g/mol. The summed E-state index contributed by atoms with van der Waals surface area (Å²) in [5.41, 5.74) is 4.20. The minimum atomic E-state index is -0.324. The van der Waals surface area contributed by atoms with Crippen LogP contribution in [0.4, 0.5) is 4.39 Å². The number of halogens is 1. The zero-order valence-corrected chi connectivity index (χ0v) is 13.7. The molecular weight excluding hydrogens is 341 g/mol. The molecule has 4 aromatic rings. The normalized spacial score (nSPS) is 10.9. The van der Waals surface area contributed by atoms with Crippen LogP contribution in [-0.2, 0) is 6.54 Å². The van der Waals surface area contributed by atoms with Crippen LogP contribution < -0.4 is 5.32 Å². The van der Waals surface area contributed by atoms with Gasteiger partial charge in [-0.05, 0) is 24.3 Å². The number of nitrogens with zero attached hydrogens (tertiary/aromatic N) is 4. The van der Waals surface area contributed by atoms with Crippen LogP contribution in [0.3, 0.4) is 0 Å². The van der Waals surface area contributed by atoms with Gasteiger partial charge in [-0.2, -0.15) is 5.10 Å². The summed E-state index contributed by atoms with van der Waals surface area (Å²) < 4.78 is 15.0. The van der Waals surface area contributed by atoms with Crippen molar-refractivity contribution in [2.45, 2.75) is 6.54 Å². The van der Waals surface area contributed by atoms with Crippen molar-refractivity contribution in [2.75, 3.05) is 0 Å². The third-order valence-electron chi connectivity index (χ3n) is 3.67. The van der Waals surface area contributed by atoms with Crippen molar-refractivity contribution in [3.05, 3.63) is 71.4 Å². The van der Waals surface area contributed by atoms with Crippen molar-refractivity contribution in [2.24, 2.45) is 0 Å². The number of carbonyl (C=O) groups excluding carboxylic acids is 1. The van der Waals surface area contributed by atoms with E-state index in [9.17, 15) is 9.18 Å². The van der Waals surface area contributed by atoms with Crippen LogP contribution in [0.15, 0.2) is 54.3 Å². The molecule has 0 saturated carbocycles. The molecule has 0 spiro atoms. The fourth-order valence-corrected chi connectivity index (χ4v) is 3.04. The van der Waals surface area contributed by atoms with Crippen LogP contribution in [0, 0.1) is 5.82 Å². The van der Waals surface area contributed by atoms with E-state index in [4.69, 9.17) is 0 Å². The molecule has 0 saturated heterocycles. The van der Waals surface area contributed by atoms with Crippen molar-refractivity contribution in [3.8, 4) is 11.3 Å². The van der Waals surface area contributed by atoms with Crippen molar-refractivity contribution in [1.29, 1.82) is 0 Å². The van der Waals surface area contributed by atoms with E-state index in [1.165, 1.54) is 29.7 Å². The standard InChI is InChI=1S/C17H12FN5OS/c18-13-3-1-2-11(6-13)15-5-4-12(7-19-15)16(24)20-8-14-9-21-17-23(14)22-10-25-17/h1-7,9-10H,8H2,(H,20,24). The molecule has 0 aliphatic carbocycles. The smallest absolute Gasteiger partial charge is 0.253 e. The molecule has 1 aromatic carbocycles. The number of imidazole rings is 1. The zero-order chi connectivity index (χ0) is 17.2. The molecule has 0 aliphatic heterocycles. The van der Waals surface area contributed by atoms with E-state index in [2.05, 4.69) is 20.4 Å². The quantitative estimate of drug-likeness (QED) is 0.612. The Labute approximate surface area is 146 Å². The number of hydrogen-bond donors (Lipinski definition) is 1. The third-order valence-corrected chi connectivity index (χ3v) is 4.36. The molecule has 3 heterocycles. The lowest BCUT2D eigenvalue weighted by molar-refractivity contribution is 0.0950. The van der Waals surface area contributed by atoms with Crippen LogP contribution in [-0.4, -0.2) is 25.5 Å². The first kappa shape index (κ1) is 15.4. The molecule has 0 unspecified atom stereocenters. The van der Waals surface area contributed by atoms with Crippen molar-refractivity contribution < 1.29 is 9.18 Å². The van der Waals surface area contributed by atoms with Gasteiger partial charge in [0.1, 0.15) is 11.3 Å². The summed E-state index contributed by atoms with van der Waals surface area (Å²) >= 11 is 1.43. The highest BCUT2D eigenvalue weighted by Crippen LogP contribution is 2.18. The van der Waals surface area contributed by atoms with Gasteiger partial charge in [-0.25, -0.2) is 13.9 Å². The highest BCUT2D eigenvalue weighted by Gasteiger charge is 2.10. The first-order chi connectivity index (χ1) is 12.2. The van der Waals surface area contributed by atoms with Crippen LogP contribution in [0.2, 0.25) is 0 Å². The average Bonchev–Trinajstić information content (AvgIpc) is 3.24. The zero-order valence-electron chi connectivity index (χ0n) is 12.9. The number of rotatable bonds is 4. The lowest BCUT2D eigenvalue weighted by Crippen LogP contribution is -2.23. The number of aromatic nitrogens is 4. The Morgan fingerprint density at radius 1 is 1.20 bits per heavy atom. The largest absolute Gasteiger partial charge is 0.346 e. The maximum atomic E-state index is 13.3. The van der Waals surface area contributed by atoms with Gasteiger partial charge in [0, 0.05) is 11.8 Å². The molecule has 0 aliphatic rings. The molecular formula is C17H12FN5OS. The van der Waals surface area contributed by atoms with E-state index >= 15 is 0 Å². The van der Waals surface area contributed by atoms with Gasteiger partial charge < -0.3 is 5.32 Å². The summed E-state index contributed by atoms with van der Waals surface area (Å²) in [7, 11) is 0. The lowest BCUT2D eigenvalue weighted by atomic mass is 10.1. The van der Waals surface area contributed by atoms with Crippen molar-refractivity contribution in [1.82, 2.24) is 24.9 Å². The maximum absolute atomic E-state index is 13.3. The number of amides is 1. The van der Waals surface area contributed by atoms with Gasteiger partial charge in [-0.3, -0.25) is 9.78 Å². The molecule has 0 fully saturated rings. The lowest BCUT2D eigenvalue weighted by Gasteiger charge is -2.05. The molecule has 8 heteroatoms. The van der Waals surface area contributed by atoms with Crippen molar-refractivity contribution >= 4 is 22.2 Å². The van der Waals surface area contributed by atoms with Gasteiger partial charge in [-0.15, -0.1) is 0 Å². The molecule has 3 aromatic heterocycles. The topological polar surface area (TPSA) is 72.2 Å². The Bertz CT molecular complexity index is 1040. The second-order valence-corrected chi connectivity index (χ2v) is 6.12. The Balaban J connectivity index is 1.46. The Kier molecular flexibility index (Phi) is 3.95. The summed E-state index contributed by atoms with van der Waals surface area (Å²) in [5.74, 6) is -0.571. The van der Waals surface area contributed by atoms with E-state index in [0.717, 1.165) is 10.7 Å². The minimum absolute atomic E-state index is 0.247. The summed E-state index contributed by atoms with van der Waals surface area (Å²) in [5, 5.41) is 6.98. The molecule has 124 valence electrons. The maximum Gasteiger partial charge on any atom is 0.253 e. The minimum Gasteiger partial charge on any atom is -0.346 e. The Hall–Kier alpha value is -3.13. The molecule has 1 N–H and O–H groups in total. The second kappa shape index (κ2) is 6.40. The van der Waals surface area contributed by atoms with Crippen LogP contribution >= 0.6 is 11.3 Å². The van der Waals surface area contributed by atoms with E-state index < -0.39 is 0 Å². The molecule has 4 rings (SSSR count). The molecule has 0 radical (unpaired) electrons. The molecule has 0 bridgehead atoms. The second-order valence-electron chi connectivity index (χ2n) is 5.31. The van der Waals surface area contributed by atoms with Crippen LogP contribution in [0.1, 0.15) is 16.1 Å². The highest BCUT2D eigenvalue weighted by molar-refractivity contribution is 7.14. The summed E-state index contributed by atoms with van der Waals surface area (Å²) in [6.07, 6.45) is 3.16. The highest BCUT2D eigenvalue weighted by atomic mass is 32.1. The van der Waals surface area contributed by atoms with Gasteiger partial charge in [0.15, 0.2) is 0 Å². The molecule has 25 heavy (non-hydrogen) atoms.